The molecule has 0 fully saturated rings. The van der Waals surface area contributed by atoms with Gasteiger partial charge in [0, 0.05) is 25.7 Å². The molecule has 0 heterocycles. The molecule has 1 aromatic carbocycles. The first-order valence-corrected chi connectivity index (χ1v) is 7.09. The van der Waals surface area contributed by atoms with Crippen LogP contribution in [0.25, 0.3) is 0 Å². The van der Waals surface area contributed by atoms with Gasteiger partial charge in [0.05, 0.1) is 10.7 Å². The van der Waals surface area contributed by atoms with Gasteiger partial charge >= 0.3 is 0 Å². The van der Waals surface area contributed by atoms with Crippen LogP contribution < -0.4 is 0 Å². The summed E-state index contributed by atoms with van der Waals surface area (Å²) in [6.07, 6.45) is 0.599. The molecule has 1 rings (SSSR count). The molecule has 0 saturated heterocycles. The number of carbonyl (C=O) groups is 1. The summed E-state index contributed by atoms with van der Waals surface area (Å²) in [6.45, 7) is 1.83. The Labute approximate surface area is 117 Å². The van der Waals surface area contributed by atoms with Crippen molar-refractivity contribution in [3.8, 4) is 0 Å². The Balaban J connectivity index is 2.54. The van der Waals surface area contributed by atoms with Crippen LogP contribution in [0, 0.1) is 17.0 Å². The number of amides is 1. The lowest BCUT2D eigenvalue weighted by Crippen LogP contribution is -2.23. The number of rotatable bonds is 6. The van der Waals surface area contributed by atoms with E-state index in [1.165, 1.54) is 11.8 Å². The summed E-state index contributed by atoms with van der Waals surface area (Å²) in [5, 5.41) is 10.9. The molecule has 0 bridgehead atoms. The number of nitro groups is 1. The molecule has 1 amide bonds. The van der Waals surface area contributed by atoms with Crippen LogP contribution in [0.4, 0.5) is 5.69 Å². The zero-order chi connectivity index (χ0) is 14.4. The van der Waals surface area contributed by atoms with Crippen LogP contribution in [0.2, 0.25) is 0 Å². The summed E-state index contributed by atoms with van der Waals surface area (Å²) < 4.78 is 0. The van der Waals surface area contributed by atoms with Gasteiger partial charge in [-0.3, -0.25) is 14.9 Å². The summed E-state index contributed by atoms with van der Waals surface area (Å²) in [7, 11) is 3.43. The molecule has 0 aromatic heterocycles. The smallest absolute Gasteiger partial charge is 0.272 e. The molecule has 0 spiro atoms. The Morgan fingerprint density at radius 1 is 1.42 bits per heavy atom. The van der Waals surface area contributed by atoms with E-state index in [1.54, 1.807) is 31.1 Å². The van der Waals surface area contributed by atoms with Gasteiger partial charge in [-0.15, -0.1) is 0 Å². The molecule has 0 aliphatic carbocycles. The van der Waals surface area contributed by atoms with Gasteiger partial charge in [-0.05, 0) is 24.7 Å². The molecule has 0 aliphatic rings. The van der Waals surface area contributed by atoms with Crippen molar-refractivity contribution >= 4 is 23.4 Å². The van der Waals surface area contributed by atoms with E-state index in [2.05, 4.69) is 0 Å². The first-order valence-electron chi connectivity index (χ1n) is 5.93. The molecule has 0 aliphatic heterocycles. The lowest BCUT2D eigenvalue weighted by molar-refractivity contribution is -0.385. The van der Waals surface area contributed by atoms with Crippen molar-refractivity contribution in [3.05, 3.63) is 39.4 Å². The van der Waals surface area contributed by atoms with Crippen molar-refractivity contribution in [2.45, 2.75) is 13.3 Å². The Hall–Kier alpha value is -1.56. The third kappa shape index (κ3) is 4.90. The Morgan fingerprint density at radius 3 is 2.68 bits per heavy atom. The minimum Gasteiger partial charge on any atom is -0.348 e. The predicted molar refractivity (Wildman–Crippen MR) is 77.6 cm³/mol. The minimum atomic E-state index is -0.349. The van der Waals surface area contributed by atoms with Crippen LogP contribution in [0.1, 0.15) is 11.1 Å². The lowest BCUT2D eigenvalue weighted by Gasteiger charge is -2.09. The molecule has 104 valence electrons. The Bertz CT molecular complexity index is 475. The summed E-state index contributed by atoms with van der Waals surface area (Å²) in [5.41, 5.74) is 1.77. The van der Waals surface area contributed by atoms with E-state index in [-0.39, 0.29) is 16.5 Å². The zero-order valence-corrected chi connectivity index (χ0v) is 12.2. The first kappa shape index (κ1) is 15.5. The van der Waals surface area contributed by atoms with Gasteiger partial charge in [-0.1, -0.05) is 12.1 Å². The summed E-state index contributed by atoms with van der Waals surface area (Å²) in [5.74, 6) is 1.17. The van der Waals surface area contributed by atoms with Crippen LogP contribution in [0.5, 0.6) is 0 Å². The van der Waals surface area contributed by atoms with Gasteiger partial charge in [0.15, 0.2) is 0 Å². The number of nitrogens with zero attached hydrogens (tertiary/aromatic N) is 2. The fraction of sp³-hybridized carbons (Fsp3) is 0.462. The highest BCUT2D eigenvalue weighted by Gasteiger charge is 2.13. The van der Waals surface area contributed by atoms with Crippen molar-refractivity contribution in [2.24, 2.45) is 0 Å². The van der Waals surface area contributed by atoms with E-state index in [0.29, 0.717) is 17.9 Å². The number of hydrogen-bond donors (Lipinski definition) is 0. The molecule has 5 nitrogen and oxygen atoms in total. The van der Waals surface area contributed by atoms with E-state index >= 15 is 0 Å². The van der Waals surface area contributed by atoms with Crippen LogP contribution >= 0.6 is 11.8 Å². The number of thioether (sulfide) groups is 1. The van der Waals surface area contributed by atoms with Gasteiger partial charge in [-0.25, -0.2) is 0 Å². The van der Waals surface area contributed by atoms with Crippen LogP contribution in [-0.2, 0) is 11.2 Å². The van der Waals surface area contributed by atoms with Gasteiger partial charge < -0.3 is 4.90 Å². The van der Waals surface area contributed by atoms with Gasteiger partial charge in [-0.2, -0.15) is 11.8 Å². The molecule has 0 radical (unpaired) electrons. The van der Waals surface area contributed by atoms with Crippen LogP contribution in [0.15, 0.2) is 18.2 Å². The maximum absolute atomic E-state index is 11.4. The van der Waals surface area contributed by atoms with Gasteiger partial charge in [0.2, 0.25) is 5.91 Å². The molecular formula is C13H18N2O3S. The van der Waals surface area contributed by atoms with Crippen molar-refractivity contribution in [1.29, 1.82) is 0 Å². The molecule has 0 N–H and O–H groups in total. The quantitative estimate of drug-likeness (QED) is 0.456. The third-order valence-corrected chi connectivity index (χ3v) is 3.62. The van der Waals surface area contributed by atoms with Crippen molar-refractivity contribution < 1.29 is 9.72 Å². The standard InChI is InChI=1S/C13H18N2O3S/c1-10-4-5-11(12(8-10)15(17)18)6-7-19-9-13(16)14(2)3/h4-5,8H,6-7,9H2,1-3H3. The largest absolute Gasteiger partial charge is 0.348 e. The van der Waals surface area contributed by atoms with E-state index in [0.717, 1.165) is 11.1 Å². The van der Waals surface area contributed by atoms with Crippen molar-refractivity contribution in [2.75, 3.05) is 25.6 Å². The summed E-state index contributed by atoms with van der Waals surface area (Å²) in [4.78, 5) is 23.5. The number of carbonyl (C=O) groups excluding carboxylic acids is 1. The number of aryl methyl sites for hydroxylation is 2. The molecule has 0 unspecified atom stereocenters. The Kier molecular flexibility index (Phi) is 5.82. The highest BCUT2D eigenvalue weighted by Crippen LogP contribution is 2.21. The average Bonchev–Trinajstić information content (AvgIpc) is 2.35. The van der Waals surface area contributed by atoms with Crippen LogP contribution in [0.3, 0.4) is 0 Å². The molecule has 6 heteroatoms. The Morgan fingerprint density at radius 2 is 2.11 bits per heavy atom. The second-order valence-corrected chi connectivity index (χ2v) is 5.59. The molecule has 1 aromatic rings. The first-order chi connectivity index (χ1) is 8.91. The summed E-state index contributed by atoms with van der Waals surface area (Å²) >= 11 is 1.50. The molecule has 0 saturated carbocycles. The second kappa shape index (κ2) is 7.13. The van der Waals surface area contributed by atoms with E-state index in [9.17, 15) is 14.9 Å². The topological polar surface area (TPSA) is 63.5 Å². The zero-order valence-electron chi connectivity index (χ0n) is 11.4. The normalized spacial score (nSPS) is 10.3. The highest BCUT2D eigenvalue weighted by atomic mass is 32.2. The SMILES string of the molecule is Cc1ccc(CCSCC(=O)N(C)C)c([N+](=O)[O-])c1. The van der Waals surface area contributed by atoms with E-state index in [1.807, 2.05) is 13.0 Å². The maximum Gasteiger partial charge on any atom is 0.272 e. The van der Waals surface area contributed by atoms with Gasteiger partial charge in [0.1, 0.15) is 0 Å². The third-order valence-electron chi connectivity index (χ3n) is 2.68. The average molecular weight is 282 g/mol. The van der Waals surface area contributed by atoms with Crippen molar-refractivity contribution in [3.63, 3.8) is 0 Å². The second-order valence-electron chi connectivity index (χ2n) is 4.48. The minimum absolute atomic E-state index is 0.0587. The van der Waals surface area contributed by atoms with E-state index in [4.69, 9.17) is 0 Å². The molecular weight excluding hydrogens is 264 g/mol. The van der Waals surface area contributed by atoms with Crippen molar-refractivity contribution in [1.82, 2.24) is 4.90 Å². The monoisotopic (exact) mass is 282 g/mol. The maximum atomic E-state index is 11.4. The molecule has 0 atom stereocenters. The van der Waals surface area contributed by atoms with Gasteiger partial charge in [0.25, 0.3) is 5.69 Å². The van der Waals surface area contributed by atoms with Crippen LogP contribution in [-0.4, -0.2) is 41.3 Å². The number of benzene rings is 1. The number of hydrogen-bond acceptors (Lipinski definition) is 4. The predicted octanol–water partition coefficient (Wildman–Crippen LogP) is 2.27. The highest BCUT2D eigenvalue weighted by molar-refractivity contribution is 7.99. The lowest BCUT2D eigenvalue weighted by atomic mass is 10.1. The summed E-state index contributed by atoms with van der Waals surface area (Å²) in [6, 6.07) is 5.25. The number of nitro benzene ring substituents is 1. The fourth-order valence-corrected chi connectivity index (χ4v) is 2.47. The fourth-order valence-electron chi connectivity index (χ4n) is 1.53. The molecule has 19 heavy (non-hydrogen) atoms. The van der Waals surface area contributed by atoms with E-state index < -0.39 is 0 Å².